The lowest BCUT2D eigenvalue weighted by Gasteiger charge is -2.29. The zero-order valence-electron chi connectivity index (χ0n) is 14.3. The van der Waals surface area contributed by atoms with Gasteiger partial charge in [-0.15, -0.1) is 0 Å². The molecule has 1 amide bonds. The summed E-state index contributed by atoms with van der Waals surface area (Å²) >= 11 is 0. The smallest absolute Gasteiger partial charge is 0.233 e. The van der Waals surface area contributed by atoms with E-state index in [4.69, 9.17) is 0 Å². The van der Waals surface area contributed by atoms with E-state index in [2.05, 4.69) is 4.90 Å². The van der Waals surface area contributed by atoms with E-state index in [9.17, 15) is 9.18 Å². The molecular formula is C20H27FN2O. The minimum atomic E-state index is -0.564. The van der Waals surface area contributed by atoms with Gasteiger partial charge in [0.1, 0.15) is 5.82 Å². The summed E-state index contributed by atoms with van der Waals surface area (Å²) in [5.41, 5.74) is 0.0419. The van der Waals surface area contributed by atoms with Gasteiger partial charge in [-0.25, -0.2) is 4.39 Å². The van der Waals surface area contributed by atoms with Crippen molar-refractivity contribution < 1.29 is 9.18 Å². The molecule has 3 fully saturated rings. The van der Waals surface area contributed by atoms with Gasteiger partial charge in [0.15, 0.2) is 0 Å². The first-order valence-corrected chi connectivity index (χ1v) is 9.46. The summed E-state index contributed by atoms with van der Waals surface area (Å²) < 4.78 is 14.2. The van der Waals surface area contributed by atoms with Crippen LogP contribution in [0.15, 0.2) is 24.3 Å². The van der Waals surface area contributed by atoms with Crippen LogP contribution in [0.4, 0.5) is 4.39 Å². The third-order valence-corrected chi connectivity index (χ3v) is 6.09. The lowest BCUT2D eigenvalue weighted by atomic mass is 9.94. The Bertz CT molecular complexity index is 607. The van der Waals surface area contributed by atoms with E-state index in [1.165, 1.54) is 38.4 Å². The molecule has 2 heterocycles. The fourth-order valence-corrected chi connectivity index (χ4v) is 4.55. The second-order valence-electron chi connectivity index (χ2n) is 7.83. The number of piperidine rings is 1. The molecule has 1 saturated carbocycles. The molecule has 3 aliphatic rings. The Morgan fingerprint density at radius 1 is 1.12 bits per heavy atom. The van der Waals surface area contributed by atoms with E-state index >= 15 is 0 Å². The molecule has 0 unspecified atom stereocenters. The van der Waals surface area contributed by atoms with Crippen molar-refractivity contribution in [1.82, 2.24) is 9.80 Å². The minimum absolute atomic E-state index is 0.161. The summed E-state index contributed by atoms with van der Waals surface area (Å²) in [6.45, 7) is 5.24. The summed E-state index contributed by atoms with van der Waals surface area (Å²) in [6, 6.07) is 6.81. The molecule has 1 aromatic rings. The fraction of sp³-hybridized carbons (Fsp3) is 0.650. The number of rotatable bonds is 4. The number of benzene rings is 1. The van der Waals surface area contributed by atoms with Crippen LogP contribution < -0.4 is 0 Å². The van der Waals surface area contributed by atoms with E-state index in [1.807, 2.05) is 11.0 Å². The number of carbonyl (C=O) groups is 1. The van der Waals surface area contributed by atoms with E-state index in [-0.39, 0.29) is 11.7 Å². The van der Waals surface area contributed by atoms with E-state index in [0.717, 1.165) is 38.9 Å². The topological polar surface area (TPSA) is 23.6 Å². The van der Waals surface area contributed by atoms with Crippen LogP contribution in [-0.4, -0.2) is 48.4 Å². The average Bonchev–Trinajstić information content (AvgIpc) is 3.28. The highest BCUT2D eigenvalue weighted by molar-refractivity contribution is 5.91. The highest BCUT2D eigenvalue weighted by Gasteiger charge is 2.54. The molecule has 1 aliphatic carbocycles. The van der Waals surface area contributed by atoms with Gasteiger partial charge in [-0.1, -0.05) is 24.6 Å². The van der Waals surface area contributed by atoms with E-state index in [0.29, 0.717) is 11.5 Å². The summed E-state index contributed by atoms with van der Waals surface area (Å²) in [7, 11) is 0. The van der Waals surface area contributed by atoms with Gasteiger partial charge in [-0.2, -0.15) is 0 Å². The SMILES string of the molecule is O=C(N1CC[C@H](CN2CCCCC2)C1)C1(c2ccccc2F)CC1. The maximum Gasteiger partial charge on any atom is 0.233 e. The largest absolute Gasteiger partial charge is 0.342 e. The first-order chi connectivity index (χ1) is 11.7. The molecule has 2 aliphatic heterocycles. The Morgan fingerprint density at radius 2 is 1.88 bits per heavy atom. The number of hydrogen-bond donors (Lipinski definition) is 0. The Balaban J connectivity index is 1.40. The van der Waals surface area contributed by atoms with Crippen LogP contribution in [0.5, 0.6) is 0 Å². The van der Waals surface area contributed by atoms with Gasteiger partial charge < -0.3 is 9.80 Å². The highest BCUT2D eigenvalue weighted by Crippen LogP contribution is 2.50. The van der Waals surface area contributed by atoms with Crippen molar-refractivity contribution in [2.45, 2.75) is 43.9 Å². The molecule has 0 spiro atoms. The molecule has 0 aromatic heterocycles. The maximum atomic E-state index is 14.2. The molecule has 2 saturated heterocycles. The summed E-state index contributed by atoms with van der Waals surface area (Å²) in [5.74, 6) is 0.518. The Morgan fingerprint density at radius 3 is 2.58 bits per heavy atom. The monoisotopic (exact) mass is 330 g/mol. The maximum absolute atomic E-state index is 14.2. The zero-order valence-corrected chi connectivity index (χ0v) is 14.3. The third kappa shape index (κ3) is 2.97. The molecule has 4 rings (SSSR count). The van der Waals surface area contributed by atoms with Gasteiger partial charge in [0.2, 0.25) is 5.91 Å². The lowest BCUT2D eigenvalue weighted by Crippen LogP contribution is -2.40. The van der Waals surface area contributed by atoms with Crippen molar-refractivity contribution >= 4 is 5.91 Å². The van der Waals surface area contributed by atoms with E-state index < -0.39 is 5.41 Å². The highest BCUT2D eigenvalue weighted by atomic mass is 19.1. The molecule has 24 heavy (non-hydrogen) atoms. The van der Waals surface area contributed by atoms with Crippen LogP contribution in [0.3, 0.4) is 0 Å². The standard InChI is InChI=1S/C20H27FN2O/c21-18-7-3-2-6-17(18)20(9-10-20)19(24)23-13-8-16(15-23)14-22-11-4-1-5-12-22/h2-3,6-7,16H,1,4-5,8-15H2/t16-/m1/s1. The van der Waals surface area contributed by atoms with Gasteiger partial charge >= 0.3 is 0 Å². The number of hydrogen-bond acceptors (Lipinski definition) is 2. The van der Waals surface area contributed by atoms with Gasteiger partial charge in [0.25, 0.3) is 0 Å². The molecule has 0 radical (unpaired) electrons. The number of likely N-dealkylation sites (tertiary alicyclic amines) is 2. The second-order valence-corrected chi connectivity index (χ2v) is 7.83. The molecule has 130 valence electrons. The van der Waals surface area contributed by atoms with Crippen LogP contribution in [0, 0.1) is 11.7 Å². The molecule has 3 nitrogen and oxygen atoms in total. The van der Waals surface area contributed by atoms with Crippen molar-refractivity contribution in [2.24, 2.45) is 5.92 Å². The minimum Gasteiger partial charge on any atom is -0.342 e. The van der Waals surface area contributed by atoms with Gasteiger partial charge in [0, 0.05) is 25.2 Å². The van der Waals surface area contributed by atoms with Gasteiger partial charge in [-0.05, 0) is 57.2 Å². The second kappa shape index (κ2) is 6.47. The normalized spacial score (nSPS) is 26.5. The predicted octanol–water partition coefficient (Wildman–Crippen LogP) is 3.19. The Labute approximate surface area is 143 Å². The van der Waals surface area contributed by atoms with Crippen molar-refractivity contribution in [3.05, 3.63) is 35.6 Å². The molecule has 1 aromatic carbocycles. The van der Waals surface area contributed by atoms with Crippen LogP contribution in [0.1, 0.15) is 44.1 Å². The molecule has 1 atom stereocenters. The number of nitrogens with zero attached hydrogens (tertiary/aromatic N) is 2. The van der Waals surface area contributed by atoms with Gasteiger partial charge in [0.05, 0.1) is 5.41 Å². The van der Waals surface area contributed by atoms with Crippen molar-refractivity contribution in [3.63, 3.8) is 0 Å². The summed E-state index contributed by atoms with van der Waals surface area (Å²) in [5, 5.41) is 0. The van der Waals surface area contributed by atoms with Crippen molar-refractivity contribution in [2.75, 3.05) is 32.7 Å². The number of carbonyl (C=O) groups excluding carboxylic acids is 1. The first-order valence-electron chi connectivity index (χ1n) is 9.46. The van der Waals surface area contributed by atoms with Crippen LogP contribution in [-0.2, 0) is 10.2 Å². The predicted molar refractivity (Wildman–Crippen MR) is 92.3 cm³/mol. The van der Waals surface area contributed by atoms with Crippen LogP contribution in [0.2, 0.25) is 0 Å². The molecular weight excluding hydrogens is 303 g/mol. The van der Waals surface area contributed by atoms with Gasteiger partial charge in [-0.3, -0.25) is 4.79 Å². The van der Waals surface area contributed by atoms with Crippen LogP contribution in [0.25, 0.3) is 0 Å². The molecule has 0 N–H and O–H groups in total. The summed E-state index contributed by atoms with van der Waals surface area (Å²) in [6.07, 6.45) is 6.66. The average molecular weight is 330 g/mol. The Kier molecular flexibility index (Phi) is 4.33. The quantitative estimate of drug-likeness (QED) is 0.846. The number of amides is 1. The zero-order chi connectivity index (χ0) is 16.6. The van der Waals surface area contributed by atoms with Crippen molar-refractivity contribution in [3.8, 4) is 0 Å². The molecule has 0 bridgehead atoms. The summed E-state index contributed by atoms with van der Waals surface area (Å²) in [4.78, 5) is 17.6. The lowest BCUT2D eigenvalue weighted by molar-refractivity contribution is -0.133. The third-order valence-electron chi connectivity index (χ3n) is 6.09. The Hall–Kier alpha value is -1.42. The van der Waals surface area contributed by atoms with E-state index in [1.54, 1.807) is 12.1 Å². The van der Waals surface area contributed by atoms with Crippen LogP contribution >= 0.6 is 0 Å². The fourth-order valence-electron chi connectivity index (χ4n) is 4.55. The van der Waals surface area contributed by atoms with Crippen molar-refractivity contribution in [1.29, 1.82) is 0 Å². The molecule has 4 heteroatoms. The number of halogens is 1. The first kappa shape index (κ1) is 16.1.